The van der Waals surface area contributed by atoms with Crippen LogP contribution in [0, 0.1) is 0 Å². The molecule has 0 radical (unpaired) electrons. The molecule has 1 rings (SSSR count). The first-order valence-corrected chi connectivity index (χ1v) is 2.75. The van der Waals surface area contributed by atoms with E-state index in [4.69, 9.17) is 2.74 Å². The predicted molar refractivity (Wildman–Crippen MR) is 29.3 cm³/mol. The maximum absolute atomic E-state index is 7.16. The summed E-state index contributed by atoms with van der Waals surface area (Å²) < 4.78 is 14.3. The molecule has 0 aliphatic carbocycles. The lowest BCUT2D eigenvalue weighted by atomic mass is 10.5. The van der Waals surface area contributed by atoms with Crippen LogP contribution in [-0.2, 0) is 6.37 Å². The van der Waals surface area contributed by atoms with E-state index in [0.29, 0.717) is 5.01 Å². The highest BCUT2D eigenvalue weighted by molar-refractivity contribution is 7.09. The molecule has 38 valence electrons. The Hall–Kier alpha value is -0.440. The van der Waals surface area contributed by atoms with Gasteiger partial charge in [0, 0.05) is 2.74 Å². The SMILES string of the molecule is [2H]C([2H])(C)c1nncs1. The summed E-state index contributed by atoms with van der Waals surface area (Å²) >= 11 is 1.23. The highest BCUT2D eigenvalue weighted by Crippen LogP contribution is 1.99. The Kier molecular flexibility index (Phi) is 0.800. The Morgan fingerprint density at radius 1 is 2.14 bits per heavy atom. The molecule has 0 amide bonds. The molecule has 0 N–H and O–H groups in total. The lowest BCUT2D eigenvalue weighted by Crippen LogP contribution is -1.74. The third-order valence-corrected chi connectivity index (χ3v) is 1.28. The summed E-state index contributed by atoms with van der Waals surface area (Å²) in [6.45, 7) is 1.47. The van der Waals surface area contributed by atoms with Gasteiger partial charge in [0.15, 0.2) is 0 Å². The van der Waals surface area contributed by atoms with Crippen LogP contribution in [0.1, 0.15) is 14.7 Å². The molecule has 0 unspecified atom stereocenters. The first kappa shape index (κ1) is 2.77. The van der Waals surface area contributed by atoms with E-state index in [9.17, 15) is 0 Å². The molecule has 0 saturated carbocycles. The first-order valence-electron chi connectivity index (χ1n) is 2.87. The molecular weight excluding hydrogens is 108 g/mol. The molecule has 0 aliphatic rings. The van der Waals surface area contributed by atoms with Gasteiger partial charge in [-0.15, -0.1) is 21.5 Å². The molecule has 3 heteroatoms. The second-order valence-corrected chi connectivity index (χ2v) is 1.83. The maximum Gasteiger partial charge on any atom is 0.116 e. The van der Waals surface area contributed by atoms with E-state index in [2.05, 4.69) is 10.2 Å². The van der Waals surface area contributed by atoms with Gasteiger partial charge in [-0.2, -0.15) is 0 Å². The Morgan fingerprint density at radius 3 is 3.29 bits per heavy atom. The molecule has 0 bridgehead atoms. The Morgan fingerprint density at radius 2 is 3.00 bits per heavy atom. The van der Waals surface area contributed by atoms with E-state index >= 15 is 0 Å². The Labute approximate surface area is 49.0 Å². The van der Waals surface area contributed by atoms with Crippen molar-refractivity contribution < 1.29 is 2.74 Å². The fraction of sp³-hybridized carbons (Fsp3) is 0.500. The van der Waals surface area contributed by atoms with Gasteiger partial charge in [-0.05, 0) is 6.37 Å². The molecule has 0 aromatic carbocycles. The van der Waals surface area contributed by atoms with Crippen LogP contribution in [0.5, 0.6) is 0 Å². The van der Waals surface area contributed by atoms with E-state index in [-0.39, 0.29) is 0 Å². The third kappa shape index (κ3) is 0.962. The van der Waals surface area contributed by atoms with Gasteiger partial charge in [0.05, 0.1) is 0 Å². The lowest BCUT2D eigenvalue weighted by Gasteiger charge is -1.74. The fourth-order valence-electron chi connectivity index (χ4n) is 0.282. The molecule has 1 heterocycles. The molecule has 7 heavy (non-hydrogen) atoms. The summed E-state index contributed by atoms with van der Waals surface area (Å²) in [5.74, 6) is 0. The summed E-state index contributed by atoms with van der Waals surface area (Å²) in [7, 11) is 0. The third-order valence-electron chi connectivity index (χ3n) is 0.574. The van der Waals surface area contributed by atoms with Crippen molar-refractivity contribution in [2.24, 2.45) is 0 Å². The smallest absolute Gasteiger partial charge is 0.116 e. The molecule has 2 nitrogen and oxygen atoms in total. The number of nitrogens with zero attached hydrogens (tertiary/aromatic N) is 2. The summed E-state index contributed by atoms with van der Waals surface area (Å²) in [6, 6.07) is 0. The summed E-state index contributed by atoms with van der Waals surface area (Å²) in [5.41, 5.74) is 1.52. The Balaban J connectivity index is 2.90. The van der Waals surface area contributed by atoms with Crippen LogP contribution in [0.4, 0.5) is 0 Å². The predicted octanol–water partition coefficient (Wildman–Crippen LogP) is 1.10. The summed E-state index contributed by atoms with van der Waals surface area (Å²) in [6.07, 6.45) is -1.33. The zero-order chi connectivity index (χ0) is 6.91. The van der Waals surface area contributed by atoms with Crippen LogP contribution in [0.15, 0.2) is 5.51 Å². The molecule has 1 aromatic heterocycles. The lowest BCUT2D eigenvalue weighted by molar-refractivity contribution is 0.984. The van der Waals surface area contributed by atoms with Gasteiger partial charge in [0.1, 0.15) is 10.5 Å². The van der Waals surface area contributed by atoms with Gasteiger partial charge in [-0.1, -0.05) is 6.92 Å². The molecule has 0 aliphatic heterocycles. The minimum atomic E-state index is -1.33. The van der Waals surface area contributed by atoms with Gasteiger partial charge in [0.2, 0.25) is 0 Å². The quantitative estimate of drug-likeness (QED) is 0.549. The second-order valence-electron chi connectivity index (χ2n) is 0.994. The van der Waals surface area contributed by atoms with E-state index < -0.39 is 6.37 Å². The topological polar surface area (TPSA) is 25.8 Å². The highest BCUT2D eigenvalue weighted by atomic mass is 32.1. The van der Waals surface area contributed by atoms with Gasteiger partial charge in [0.25, 0.3) is 0 Å². The van der Waals surface area contributed by atoms with Crippen molar-refractivity contribution in [2.75, 3.05) is 0 Å². The Bertz CT molecular complexity index is 179. The zero-order valence-corrected chi connectivity index (χ0v) is 4.70. The largest absolute Gasteiger partial charge is 0.147 e. The summed E-state index contributed by atoms with van der Waals surface area (Å²) in [4.78, 5) is 0. The molecular formula is C4H6N2S. The number of aromatic nitrogens is 2. The number of hydrogen-bond donors (Lipinski definition) is 0. The maximum atomic E-state index is 7.16. The van der Waals surface area contributed by atoms with E-state index in [1.807, 2.05) is 0 Å². The van der Waals surface area contributed by atoms with Gasteiger partial charge in [-0.3, -0.25) is 0 Å². The van der Waals surface area contributed by atoms with Crippen LogP contribution in [0.3, 0.4) is 0 Å². The van der Waals surface area contributed by atoms with Crippen LogP contribution in [0.25, 0.3) is 0 Å². The van der Waals surface area contributed by atoms with Crippen molar-refractivity contribution in [3.8, 4) is 0 Å². The second kappa shape index (κ2) is 2.02. The normalized spacial score (nSPS) is 15.6. The number of hydrogen-bond acceptors (Lipinski definition) is 3. The fourth-order valence-corrected chi connectivity index (χ4v) is 0.688. The van der Waals surface area contributed by atoms with Crippen LogP contribution >= 0.6 is 11.3 Å². The van der Waals surface area contributed by atoms with Crippen molar-refractivity contribution in [3.05, 3.63) is 10.5 Å². The van der Waals surface area contributed by atoms with Crippen molar-refractivity contribution in [1.29, 1.82) is 0 Å². The first-order chi connectivity index (χ1) is 4.11. The number of rotatable bonds is 1. The van der Waals surface area contributed by atoms with E-state index in [1.165, 1.54) is 23.8 Å². The van der Waals surface area contributed by atoms with Gasteiger partial charge < -0.3 is 0 Å². The van der Waals surface area contributed by atoms with Crippen LogP contribution < -0.4 is 0 Å². The monoisotopic (exact) mass is 116 g/mol. The van der Waals surface area contributed by atoms with Crippen molar-refractivity contribution in [2.45, 2.75) is 13.3 Å². The average Bonchev–Trinajstić information content (AvgIpc) is 2.08. The minimum Gasteiger partial charge on any atom is -0.147 e. The van der Waals surface area contributed by atoms with Crippen LogP contribution in [0.2, 0.25) is 0 Å². The molecule has 0 saturated heterocycles. The van der Waals surface area contributed by atoms with Gasteiger partial charge in [-0.25, -0.2) is 0 Å². The minimum absolute atomic E-state index is 0.433. The molecule has 0 spiro atoms. The highest BCUT2D eigenvalue weighted by Gasteiger charge is 1.86. The van der Waals surface area contributed by atoms with Crippen molar-refractivity contribution in [1.82, 2.24) is 10.2 Å². The van der Waals surface area contributed by atoms with E-state index in [0.717, 1.165) is 0 Å². The number of aryl methyl sites for hydroxylation is 1. The van der Waals surface area contributed by atoms with Gasteiger partial charge >= 0.3 is 0 Å². The van der Waals surface area contributed by atoms with Crippen molar-refractivity contribution >= 4 is 11.3 Å². The average molecular weight is 116 g/mol. The van der Waals surface area contributed by atoms with E-state index in [1.54, 1.807) is 0 Å². The molecule has 0 atom stereocenters. The summed E-state index contributed by atoms with van der Waals surface area (Å²) in [5, 5.41) is 7.53. The zero-order valence-electron chi connectivity index (χ0n) is 5.88. The van der Waals surface area contributed by atoms with Crippen molar-refractivity contribution in [3.63, 3.8) is 0 Å². The van der Waals surface area contributed by atoms with Crippen LogP contribution in [-0.4, -0.2) is 10.2 Å². The molecule has 0 fully saturated rings. The standard InChI is InChI=1S/C4H6N2S/c1-2-4-6-5-3-7-4/h3H,2H2,1H3/i2D2. The molecule has 1 aromatic rings.